The fourth-order valence-electron chi connectivity index (χ4n) is 2.64. The number of ketones is 1. The number of ether oxygens (including phenoxy) is 1. The molecule has 0 aliphatic rings. The van der Waals surface area contributed by atoms with Gasteiger partial charge in [0, 0.05) is 29.6 Å². The topological polar surface area (TPSA) is 31.2 Å². The van der Waals surface area contributed by atoms with Gasteiger partial charge in [0.05, 0.1) is 17.8 Å². The Morgan fingerprint density at radius 2 is 1.68 bits per heavy atom. The van der Waals surface area contributed by atoms with Crippen LogP contribution in [0.5, 0.6) is 5.75 Å². The van der Waals surface area contributed by atoms with E-state index in [1.165, 1.54) is 0 Å². The lowest BCUT2D eigenvalue weighted by Crippen LogP contribution is -2.02. The summed E-state index contributed by atoms with van der Waals surface area (Å²) >= 11 is 1.66. The number of fused-ring (bicyclic) bond motifs is 1. The summed E-state index contributed by atoms with van der Waals surface area (Å²) in [4.78, 5) is 13.1. The molecule has 0 N–H and O–H groups in total. The van der Waals surface area contributed by atoms with Gasteiger partial charge in [0.2, 0.25) is 0 Å². The maximum absolute atomic E-state index is 12.0. The normalized spacial score (nSPS) is 10.9. The number of nitrogens with zero attached hydrogens (tertiary/aromatic N) is 1. The minimum Gasteiger partial charge on any atom is -0.497 e. The lowest BCUT2D eigenvalue weighted by molar-refractivity contribution is 0.101. The van der Waals surface area contributed by atoms with Gasteiger partial charge >= 0.3 is 0 Å². The van der Waals surface area contributed by atoms with Crippen molar-refractivity contribution in [3.05, 3.63) is 54.2 Å². The predicted molar refractivity (Wildman–Crippen MR) is 90.0 cm³/mol. The molecule has 2 aromatic carbocycles. The molecule has 3 nitrogen and oxygen atoms in total. The highest BCUT2D eigenvalue weighted by molar-refractivity contribution is 7.99. The molecule has 22 heavy (non-hydrogen) atoms. The monoisotopic (exact) mass is 311 g/mol. The van der Waals surface area contributed by atoms with E-state index in [1.807, 2.05) is 54.1 Å². The Morgan fingerprint density at radius 3 is 2.27 bits per heavy atom. The number of carbonyl (C=O) groups is 1. The van der Waals surface area contributed by atoms with Crippen LogP contribution < -0.4 is 4.74 Å². The zero-order chi connectivity index (χ0) is 15.7. The molecule has 0 saturated carbocycles. The Labute approximate surface area is 133 Å². The highest BCUT2D eigenvalue weighted by atomic mass is 32.2. The van der Waals surface area contributed by atoms with Gasteiger partial charge in [0.1, 0.15) is 5.75 Å². The van der Waals surface area contributed by atoms with Crippen molar-refractivity contribution >= 4 is 28.3 Å². The van der Waals surface area contributed by atoms with Crippen LogP contribution in [0.2, 0.25) is 0 Å². The van der Waals surface area contributed by atoms with E-state index in [4.69, 9.17) is 4.74 Å². The first-order chi connectivity index (χ1) is 10.6. The first-order valence-corrected chi connectivity index (χ1v) is 7.83. The van der Waals surface area contributed by atoms with Crippen molar-refractivity contribution < 1.29 is 9.53 Å². The van der Waals surface area contributed by atoms with Crippen LogP contribution in [-0.4, -0.2) is 17.5 Å². The van der Waals surface area contributed by atoms with Crippen molar-refractivity contribution in [1.29, 1.82) is 0 Å². The van der Waals surface area contributed by atoms with Gasteiger partial charge in [-0.1, -0.05) is 36.0 Å². The van der Waals surface area contributed by atoms with Crippen molar-refractivity contribution in [2.24, 2.45) is 7.05 Å². The van der Waals surface area contributed by atoms with Crippen LogP contribution in [0.1, 0.15) is 17.4 Å². The third-order valence-electron chi connectivity index (χ3n) is 3.66. The Morgan fingerprint density at radius 1 is 1.05 bits per heavy atom. The van der Waals surface area contributed by atoms with Crippen molar-refractivity contribution in [1.82, 2.24) is 4.57 Å². The zero-order valence-electron chi connectivity index (χ0n) is 12.8. The Bertz CT molecular complexity index is 834. The summed E-state index contributed by atoms with van der Waals surface area (Å²) in [6, 6.07) is 16.0. The minimum absolute atomic E-state index is 0.0836. The van der Waals surface area contributed by atoms with E-state index >= 15 is 0 Å². The molecule has 0 bridgehead atoms. The maximum atomic E-state index is 12.0. The second kappa shape index (κ2) is 5.89. The van der Waals surface area contributed by atoms with Gasteiger partial charge in [-0.15, -0.1) is 0 Å². The number of methoxy groups -OCH3 is 1. The van der Waals surface area contributed by atoms with Gasteiger partial charge in [-0.05, 0) is 24.3 Å². The molecule has 3 rings (SSSR count). The van der Waals surface area contributed by atoms with E-state index in [1.54, 1.807) is 25.8 Å². The molecule has 112 valence electrons. The Kier molecular flexibility index (Phi) is 3.94. The van der Waals surface area contributed by atoms with E-state index in [0.29, 0.717) is 0 Å². The SMILES string of the molecule is COc1ccc(Sc2c3ccccc3c(C(C)=O)n2C)cc1. The molecule has 1 heterocycles. The van der Waals surface area contributed by atoms with Crippen molar-refractivity contribution in [3.8, 4) is 5.75 Å². The van der Waals surface area contributed by atoms with E-state index in [2.05, 4.69) is 6.07 Å². The Balaban J connectivity index is 2.10. The number of Topliss-reactive ketones (excluding diaryl/α,β-unsaturated/α-hetero) is 1. The molecule has 0 spiro atoms. The van der Waals surface area contributed by atoms with Crippen LogP contribution in [0.3, 0.4) is 0 Å². The van der Waals surface area contributed by atoms with Gasteiger partial charge in [0.15, 0.2) is 5.78 Å². The van der Waals surface area contributed by atoms with Crippen molar-refractivity contribution in [2.75, 3.05) is 7.11 Å². The fraction of sp³-hybridized carbons (Fsp3) is 0.167. The number of hydrogen-bond donors (Lipinski definition) is 0. The van der Waals surface area contributed by atoms with Gasteiger partial charge in [-0.3, -0.25) is 4.79 Å². The molecular formula is C18H17NO2S. The summed E-state index contributed by atoms with van der Waals surface area (Å²) in [5, 5.41) is 3.19. The Hall–Kier alpha value is -2.20. The summed E-state index contributed by atoms with van der Waals surface area (Å²) in [7, 11) is 3.61. The molecule has 0 radical (unpaired) electrons. The standard InChI is InChI=1S/C18H17NO2S/c1-12(20)17-15-6-4-5-7-16(15)18(19(17)2)22-14-10-8-13(21-3)9-11-14/h4-11H,1-3H3. The average Bonchev–Trinajstić information content (AvgIpc) is 2.81. The second-order valence-corrected chi connectivity index (χ2v) is 6.15. The number of rotatable bonds is 4. The zero-order valence-corrected chi connectivity index (χ0v) is 13.6. The van der Waals surface area contributed by atoms with Crippen molar-refractivity contribution in [2.45, 2.75) is 16.8 Å². The highest BCUT2D eigenvalue weighted by Gasteiger charge is 2.17. The molecule has 0 saturated heterocycles. The molecule has 0 unspecified atom stereocenters. The quantitative estimate of drug-likeness (QED) is 0.663. The molecule has 4 heteroatoms. The summed E-state index contributed by atoms with van der Waals surface area (Å²) in [5.41, 5.74) is 0.756. The van der Waals surface area contributed by atoms with Crippen LogP contribution >= 0.6 is 11.8 Å². The summed E-state index contributed by atoms with van der Waals surface area (Å²) in [6.07, 6.45) is 0. The van der Waals surface area contributed by atoms with Gasteiger partial charge in [-0.2, -0.15) is 0 Å². The lowest BCUT2D eigenvalue weighted by Gasteiger charge is -2.07. The van der Waals surface area contributed by atoms with E-state index in [9.17, 15) is 4.79 Å². The predicted octanol–water partition coefficient (Wildman–Crippen LogP) is 4.54. The molecule has 0 fully saturated rings. The van der Waals surface area contributed by atoms with Gasteiger partial charge < -0.3 is 9.30 Å². The van der Waals surface area contributed by atoms with Gasteiger partial charge in [0.25, 0.3) is 0 Å². The van der Waals surface area contributed by atoms with E-state index < -0.39 is 0 Å². The first-order valence-electron chi connectivity index (χ1n) is 7.02. The molecule has 1 aromatic heterocycles. The number of hydrogen-bond acceptors (Lipinski definition) is 3. The molecule has 0 amide bonds. The highest BCUT2D eigenvalue weighted by Crippen LogP contribution is 2.37. The summed E-state index contributed by atoms with van der Waals surface area (Å²) in [5.74, 6) is 0.922. The molecule has 3 aromatic rings. The van der Waals surface area contributed by atoms with E-state index in [-0.39, 0.29) is 5.78 Å². The van der Waals surface area contributed by atoms with Crippen LogP contribution in [-0.2, 0) is 7.05 Å². The van der Waals surface area contributed by atoms with Crippen LogP contribution in [0.4, 0.5) is 0 Å². The summed E-state index contributed by atoms with van der Waals surface area (Å²) in [6.45, 7) is 1.61. The smallest absolute Gasteiger partial charge is 0.176 e. The third-order valence-corrected chi connectivity index (χ3v) is 4.86. The van der Waals surface area contributed by atoms with Crippen LogP contribution in [0, 0.1) is 0 Å². The maximum Gasteiger partial charge on any atom is 0.176 e. The molecule has 0 atom stereocenters. The average molecular weight is 311 g/mol. The number of aromatic nitrogens is 1. The molecule has 0 aliphatic heterocycles. The second-order valence-electron chi connectivity index (χ2n) is 5.09. The van der Waals surface area contributed by atoms with Gasteiger partial charge in [-0.25, -0.2) is 0 Å². The van der Waals surface area contributed by atoms with Crippen LogP contribution in [0.25, 0.3) is 10.8 Å². The number of benzene rings is 2. The molecular weight excluding hydrogens is 294 g/mol. The third kappa shape index (κ3) is 2.50. The lowest BCUT2D eigenvalue weighted by atomic mass is 10.1. The number of carbonyl (C=O) groups excluding carboxylic acids is 1. The molecule has 0 aliphatic carbocycles. The largest absolute Gasteiger partial charge is 0.497 e. The fourth-order valence-corrected chi connectivity index (χ4v) is 3.66. The first kappa shape index (κ1) is 14.7. The van der Waals surface area contributed by atoms with E-state index in [0.717, 1.165) is 32.1 Å². The minimum atomic E-state index is 0.0836. The summed E-state index contributed by atoms with van der Waals surface area (Å²) < 4.78 is 7.18. The van der Waals surface area contributed by atoms with Crippen LogP contribution in [0.15, 0.2) is 58.5 Å². The van der Waals surface area contributed by atoms with Crippen molar-refractivity contribution in [3.63, 3.8) is 0 Å².